The summed E-state index contributed by atoms with van der Waals surface area (Å²) in [5, 5.41) is 9.22. The SMILES string of the molecule is N#CCCCCOc1ccc(CBr)cc1. The van der Waals surface area contributed by atoms with Crippen molar-refractivity contribution < 1.29 is 4.74 Å². The largest absolute Gasteiger partial charge is 0.494 e. The molecule has 3 heteroatoms. The van der Waals surface area contributed by atoms with Crippen LogP contribution in [0, 0.1) is 11.3 Å². The lowest BCUT2D eigenvalue weighted by molar-refractivity contribution is 0.307. The molecule has 0 aliphatic rings. The van der Waals surface area contributed by atoms with E-state index in [0.717, 1.165) is 23.9 Å². The van der Waals surface area contributed by atoms with Crippen molar-refractivity contribution in [1.82, 2.24) is 0 Å². The second-order valence-corrected chi connectivity index (χ2v) is 3.80. The van der Waals surface area contributed by atoms with Crippen LogP contribution in [0.4, 0.5) is 0 Å². The summed E-state index contributed by atoms with van der Waals surface area (Å²) < 4.78 is 5.53. The molecule has 80 valence electrons. The molecule has 0 amide bonds. The normalized spacial score (nSPS) is 9.60. The topological polar surface area (TPSA) is 33.0 Å². The maximum absolute atomic E-state index is 8.35. The minimum atomic E-state index is 0.617. The number of nitrogens with zero attached hydrogens (tertiary/aromatic N) is 1. The molecule has 0 unspecified atom stereocenters. The second kappa shape index (κ2) is 7.30. The van der Waals surface area contributed by atoms with Gasteiger partial charge in [0.05, 0.1) is 12.7 Å². The minimum Gasteiger partial charge on any atom is -0.494 e. The molecule has 0 radical (unpaired) electrons. The number of unbranched alkanes of at least 4 members (excludes halogenated alkanes) is 2. The Morgan fingerprint density at radius 2 is 1.93 bits per heavy atom. The molecule has 0 heterocycles. The first-order valence-electron chi connectivity index (χ1n) is 5.01. The zero-order valence-corrected chi connectivity index (χ0v) is 10.2. The summed E-state index contributed by atoms with van der Waals surface area (Å²) in [4.78, 5) is 0. The van der Waals surface area contributed by atoms with E-state index in [1.54, 1.807) is 0 Å². The van der Waals surface area contributed by atoms with Crippen LogP contribution < -0.4 is 4.74 Å². The van der Waals surface area contributed by atoms with E-state index in [0.29, 0.717) is 13.0 Å². The third-order valence-corrected chi connectivity index (χ3v) is 2.68. The molecule has 2 nitrogen and oxygen atoms in total. The monoisotopic (exact) mass is 267 g/mol. The van der Waals surface area contributed by atoms with E-state index < -0.39 is 0 Å². The number of rotatable bonds is 6. The number of benzene rings is 1. The van der Waals surface area contributed by atoms with Crippen molar-refractivity contribution in [3.05, 3.63) is 29.8 Å². The van der Waals surface area contributed by atoms with E-state index >= 15 is 0 Å². The highest BCUT2D eigenvalue weighted by Gasteiger charge is 1.94. The van der Waals surface area contributed by atoms with Crippen LogP contribution in [0.15, 0.2) is 24.3 Å². The van der Waals surface area contributed by atoms with Crippen LogP contribution in [0.1, 0.15) is 24.8 Å². The maximum atomic E-state index is 8.35. The number of ether oxygens (including phenoxy) is 1. The lowest BCUT2D eigenvalue weighted by Crippen LogP contribution is -1.96. The minimum absolute atomic E-state index is 0.617. The van der Waals surface area contributed by atoms with Gasteiger partial charge in [-0.05, 0) is 30.5 Å². The molecule has 15 heavy (non-hydrogen) atoms. The highest BCUT2D eigenvalue weighted by Crippen LogP contribution is 2.14. The van der Waals surface area contributed by atoms with E-state index in [-0.39, 0.29) is 0 Å². The summed E-state index contributed by atoms with van der Waals surface area (Å²) >= 11 is 3.39. The van der Waals surface area contributed by atoms with Crippen LogP contribution in [-0.4, -0.2) is 6.61 Å². The van der Waals surface area contributed by atoms with Gasteiger partial charge >= 0.3 is 0 Å². The molecule has 0 aliphatic carbocycles. The summed E-state index contributed by atoms with van der Waals surface area (Å²) in [5.41, 5.74) is 1.24. The van der Waals surface area contributed by atoms with E-state index in [2.05, 4.69) is 22.0 Å². The first-order valence-corrected chi connectivity index (χ1v) is 6.13. The van der Waals surface area contributed by atoms with Gasteiger partial charge in [0.15, 0.2) is 0 Å². The molecule has 0 fully saturated rings. The average Bonchev–Trinajstić information content (AvgIpc) is 2.30. The van der Waals surface area contributed by atoms with Crippen LogP contribution in [-0.2, 0) is 5.33 Å². The molecular formula is C12H14BrNO. The van der Waals surface area contributed by atoms with Crippen molar-refractivity contribution in [3.63, 3.8) is 0 Å². The quantitative estimate of drug-likeness (QED) is 0.582. The third kappa shape index (κ3) is 4.85. The smallest absolute Gasteiger partial charge is 0.119 e. The predicted octanol–water partition coefficient (Wildman–Crippen LogP) is 3.65. The van der Waals surface area contributed by atoms with Crippen molar-refractivity contribution in [3.8, 4) is 11.8 Å². The Bertz CT molecular complexity index is 315. The van der Waals surface area contributed by atoms with E-state index in [4.69, 9.17) is 10.00 Å². The lowest BCUT2D eigenvalue weighted by Gasteiger charge is -2.05. The van der Waals surface area contributed by atoms with Crippen LogP contribution >= 0.6 is 15.9 Å². The summed E-state index contributed by atoms with van der Waals surface area (Å²) in [6, 6.07) is 10.1. The Hall–Kier alpha value is -1.01. The van der Waals surface area contributed by atoms with Crippen molar-refractivity contribution in [1.29, 1.82) is 5.26 Å². The Labute approximate surface area is 99.0 Å². The third-order valence-electron chi connectivity index (χ3n) is 2.03. The molecule has 0 saturated heterocycles. The summed E-state index contributed by atoms with van der Waals surface area (Å²) in [5.74, 6) is 0.900. The van der Waals surface area contributed by atoms with Crippen molar-refractivity contribution >= 4 is 15.9 Å². The van der Waals surface area contributed by atoms with E-state index in [1.165, 1.54) is 5.56 Å². The Morgan fingerprint density at radius 1 is 1.20 bits per heavy atom. The second-order valence-electron chi connectivity index (χ2n) is 3.24. The van der Waals surface area contributed by atoms with Gasteiger partial charge in [-0.25, -0.2) is 0 Å². The van der Waals surface area contributed by atoms with Gasteiger partial charge in [-0.3, -0.25) is 0 Å². The van der Waals surface area contributed by atoms with Gasteiger partial charge in [0.1, 0.15) is 5.75 Å². The highest BCUT2D eigenvalue weighted by atomic mass is 79.9. The fourth-order valence-electron chi connectivity index (χ4n) is 1.17. The van der Waals surface area contributed by atoms with Crippen LogP contribution in [0.3, 0.4) is 0 Å². The van der Waals surface area contributed by atoms with Gasteiger partial charge in [-0.1, -0.05) is 28.1 Å². The van der Waals surface area contributed by atoms with Gasteiger partial charge in [-0.15, -0.1) is 0 Å². The first kappa shape index (κ1) is 12.1. The van der Waals surface area contributed by atoms with Gasteiger partial charge in [-0.2, -0.15) is 5.26 Å². The molecule has 0 aromatic heterocycles. The molecule has 0 N–H and O–H groups in total. The van der Waals surface area contributed by atoms with Crippen LogP contribution in [0.2, 0.25) is 0 Å². The van der Waals surface area contributed by atoms with E-state index in [9.17, 15) is 0 Å². The standard InChI is InChI=1S/C12H14BrNO/c13-10-11-4-6-12(7-5-11)15-9-3-1-2-8-14/h4-7H,1-3,9-10H2. The Balaban J connectivity index is 2.23. The molecule has 0 aliphatic heterocycles. The summed E-state index contributed by atoms with van der Waals surface area (Å²) in [6.07, 6.45) is 2.47. The zero-order chi connectivity index (χ0) is 10.9. The first-order chi connectivity index (χ1) is 7.36. The highest BCUT2D eigenvalue weighted by molar-refractivity contribution is 9.08. The van der Waals surface area contributed by atoms with Gasteiger partial charge in [0.2, 0.25) is 0 Å². The van der Waals surface area contributed by atoms with Crippen molar-refractivity contribution in [2.45, 2.75) is 24.6 Å². The molecule has 0 bridgehead atoms. The molecule has 0 atom stereocenters. The summed E-state index contributed by atoms with van der Waals surface area (Å²) in [6.45, 7) is 0.690. The molecule has 0 saturated carbocycles. The maximum Gasteiger partial charge on any atom is 0.119 e. The molecule has 1 rings (SSSR count). The van der Waals surface area contributed by atoms with Gasteiger partial charge in [0.25, 0.3) is 0 Å². The Kier molecular flexibility index (Phi) is 5.87. The molecular weight excluding hydrogens is 254 g/mol. The van der Waals surface area contributed by atoms with Gasteiger partial charge in [0, 0.05) is 11.8 Å². The number of hydrogen-bond acceptors (Lipinski definition) is 2. The van der Waals surface area contributed by atoms with Crippen LogP contribution in [0.5, 0.6) is 5.75 Å². The van der Waals surface area contributed by atoms with Crippen molar-refractivity contribution in [2.75, 3.05) is 6.61 Å². The lowest BCUT2D eigenvalue weighted by atomic mass is 10.2. The number of halogens is 1. The van der Waals surface area contributed by atoms with E-state index in [1.807, 2.05) is 24.3 Å². The van der Waals surface area contributed by atoms with Gasteiger partial charge < -0.3 is 4.74 Å². The van der Waals surface area contributed by atoms with Crippen molar-refractivity contribution in [2.24, 2.45) is 0 Å². The number of hydrogen-bond donors (Lipinski definition) is 0. The number of nitriles is 1. The fourth-order valence-corrected chi connectivity index (χ4v) is 1.54. The molecule has 1 aromatic carbocycles. The summed E-state index contributed by atoms with van der Waals surface area (Å²) in [7, 11) is 0. The molecule has 0 spiro atoms. The molecule has 1 aromatic rings. The average molecular weight is 268 g/mol. The predicted molar refractivity (Wildman–Crippen MR) is 64.0 cm³/mol. The zero-order valence-electron chi connectivity index (χ0n) is 8.58. The van der Waals surface area contributed by atoms with Crippen LogP contribution in [0.25, 0.3) is 0 Å². The number of alkyl halides is 1. The Morgan fingerprint density at radius 3 is 2.53 bits per heavy atom. The fraction of sp³-hybridized carbons (Fsp3) is 0.417.